The summed E-state index contributed by atoms with van der Waals surface area (Å²) in [7, 11) is 3.15. The van der Waals surface area contributed by atoms with E-state index in [4.69, 9.17) is 9.47 Å². The van der Waals surface area contributed by atoms with Crippen LogP contribution in [-0.2, 0) is 0 Å². The Hall–Kier alpha value is -1.86. The predicted octanol–water partition coefficient (Wildman–Crippen LogP) is 0.562. The van der Waals surface area contributed by atoms with Gasteiger partial charge in [0.2, 0.25) is 5.75 Å². The Kier molecular flexibility index (Phi) is 5.34. The molecule has 1 aromatic carbocycles. The van der Waals surface area contributed by atoms with Crippen molar-refractivity contribution in [2.45, 2.75) is 6.10 Å². The third kappa shape index (κ3) is 3.86. The first-order chi connectivity index (χ1) is 8.58. The fraction of sp³-hybridized carbons (Fsp3) is 0.455. The summed E-state index contributed by atoms with van der Waals surface area (Å²) < 4.78 is 10.2. The number of nitro groups is 1. The van der Waals surface area contributed by atoms with Gasteiger partial charge in [-0.05, 0) is 13.1 Å². The van der Waals surface area contributed by atoms with Crippen molar-refractivity contribution in [1.29, 1.82) is 0 Å². The highest BCUT2D eigenvalue weighted by Crippen LogP contribution is 2.31. The lowest BCUT2D eigenvalue weighted by atomic mass is 10.2. The second kappa shape index (κ2) is 6.77. The molecule has 0 saturated heterocycles. The first-order valence-corrected chi connectivity index (χ1v) is 5.36. The van der Waals surface area contributed by atoms with E-state index in [1.807, 2.05) is 0 Å². The molecule has 0 saturated carbocycles. The molecule has 100 valence electrons. The van der Waals surface area contributed by atoms with Crippen molar-refractivity contribution in [3.8, 4) is 11.5 Å². The lowest BCUT2D eigenvalue weighted by Crippen LogP contribution is -2.29. The Morgan fingerprint density at radius 3 is 2.83 bits per heavy atom. The van der Waals surface area contributed by atoms with Gasteiger partial charge in [-0.25, -0.2) is 0 Å². The zero-order chi connectivity index (χ0) is 13.5. The number of nitrogens with one attached hydrogen (secondary N) is 1. The highest BCUT2D eigenvalue weighted by Gasteiger charge is 2.17. The summed E-state index contributed by atoms with van der Waals surface area (Å²) >= 11 is 0. The second-order valence-corrected chi connectivity index (χ2v) is 3.61. The number of aliphatic hydroxyl groups excluding tert-OH is 1. The standard InChI is InChI=1S/C11H16N2O5/c1-12-6-8(14)7-18-11-5-9(17-2)3-4-10(11)13(15)16/h3-5,8,12,14H,6-7H2,1-2H3. The first kappa shape index (κ1) is 14.2. The van der Waals surface area contributed by atoms with E-state index in [2.05, 4.69) is 5.32 Å². The van der Waals surface area contributed by atoms with Crippen molar-refractivity contribution in [2.75, 3.05) is 27.3 Å². The van der Waals surface area contributed by atoms with E-state index in [0.717, 1.165) is 0 Å². The van der Waals surface area contributed by atoms with E-state index < -0.39 is 11.0 Å². The summed E-state index contributed by atoms with van der Waals surface area (Å²) in [5.74, 6) is 0.535. The van der Waals surface area contributed by atoms with Crippen molar-refractivity contribution in [2.24, 2.45) is 0 Å². The van der Waals surface area contributed by atoms with Crippen molar-refractivity contribution in [3.63, 3.8) is 0 Å². The number of aliphatic hydroxyl groups is 1. The third-order valence-electron chi connectivity index (χ3n) is 2.23. The Labute approximate surface area is 104 Å². The molecule has 1 unspecified atom stereocenters. The van der Waals surface area contributed by atoms with E-state index in [1.165, 1.54) is 25.3 Å². The number of hydrogen-bond acceptors (Lipinski definition) is 6. The number of ether oxygens (including phenoxy) is 2. The fourth-order valence-electron chi connectivity index (χ4n) is 1.37. The maximum atomic E-state index is 10.8. The van der Waals surface area contributed by atoms with Crippen LogP contribution in [0.3, 0.4) is 0 Å². The summed E-state index contributed by atoms with van der Waals surface area (Å²) in [4.78, 5) is 10.3. The van der Waals surface area contributed by atoms with Crippen LogP contribution in [0.2, 0.25) is 0 Å². The predicted molar refractivity (Wildman–Crippen MR) is 65.1 cm³/mol. The molecule has 2 N–H and O–H groups in total. The Balaban J connectivity index is 2.80. The Morgan fingerprint density at radius 2 is 2.28 bits per heavy atom. The summed E-state index contributed by atoms with van der Waals surface area (Å²) in [6.45, 7) is 0.312. The van der Waals surface area contributed by atoms with Crippen LogP contribution in [0, 0.1) is 10.1 Å². The van der Waals surface area contributed by atoms with Crippen molar-refractivity contribution >= 4 is 5.69 Å². The van der Waals surface area contributed by atoms with Crippen LogP contribution >= 0.6 is 0 Å². The molecule has 0 fully saturated rings. The summed E-state index contributed by atoms with van der Waals surface area (Å²) in [5, 5.41) is 23.1. The maximum absolute atomic E-state index is 10.8. The van der Waals surface area contributed by atoms with Crippen LogP contribution in [0.1, 0.15) is 0 Å². The SMILES string of the molecule is CNCC(O)COc1cc(OC)ccc1[N+](=O)[O-]. The van der Waals surface area contributed by atoms with Gasteiger partial charge in [-0.1, -0.05) is 0 Å². The van der Waals surface area contributed by atoms with Crippen LogP contribution in [0.4, 0.5) is 5.69 Å². The minimum Gasteiger partial charge on any atom is -0.497 e. The smallest absolute Gasteiger partial charge is 0.311 e. The van der Waals surface area contributed by atoms with Crippen molar-refractivity contribution in [1.82, 2.24) is 5.32 Å². The highest BCUT2D eigenvalue weighted by atomic mass is 16.6. The average molecular weight is 256 g/mol. The summed E-state index contributed by atoms with van der Waals surface area (Å²) in [6, 6.07) is 4.21. The quantitative estimate of drug-likeness (QED) is 0.547. The lowest BCUT2D eigenvalue weighted by molar-refractivity contribution is -0.385. The highest BCUT2D eigenvalue weighted by molar-refractivity contribution is 5.50. The fourth-order valence-corrected chi connectivity index (χ4v) is 1.37. The molecular weight excluding hydrogens is 240 g/mol. The molecule has 0 aliphatic heterocycles. The molecule has 0 heterocycles. The zero-order valence-corrected chi connectivity index (χ0v) is 10.3. The number of benzene rings is 1. The van der Waals surface area contributed by atoms with Crippen molar-refractivity contribution < 1.29 is 19.5 Å². The van der Waals surface area contributed by atoms with Gasteiger partial charge in [0.1, 0.15) is 18.5 Å². The largest absolute Gasteiger partial charge is 0.497 e. The second-order valence-electron chi connectivity index (χ2n) is 3.61. The molecule has 0 spiro atoms. The third-order valence-corrected chi connectivity index (χ3v) is 2.23. The van der Waals surface area contributed by atoms with Crippen LogP contribution in [0.15, 0.2) is 18.2 Å². The summed E-state index contributed by atoms with van der Waals surface area (Å²) in [5.41, 5.74) is -0.160. The number of methoxy groups -OCH3 is 1. The molecule has 1 atom stereocenters. The molecular formula is C11H16N2O5. The molecule has 0 radical (unpaired) electrons. The molecule has 7 nitrogen and oxygen atoms in total. The van der Waals surface area contributed by atoms with Gasteiger partial charge >= 0.3 is 5.69 Å². The molecule has 0 amide bonds. The van der Waals surface area contributed by atoms with Gasteiger partial charge in [0.15, 0.2) is 0 Å². The monoisotopic (exact) mass is 256 g/mol. The lowest BCUT2D eigenvalue weighted by Gasteiger charge is -2.12. The molecule has 7 heteroatoms. The minimum atomic E-state index is -0.735. The zero-order valence-electron chi connectivity index (χ0n) is 10.3. The van der Waals surface area contributed by atoms with Gasteiger partial charge < -0.3 is 19.9 Å². The average Bonchev–Trinajstić information content (AvgIpc) is 2.36. The molecule has 0 bridgehead atoms. The van der Waals surface area contributed by atoms with Crippen LogP contribution in [-0.4, -0.2) is 43.4 Å². The van der Waals surface area contributed by atoms with E-state index in [9.17, 15) is 15.2 Å². The Bertz CT molecular complexity index is 410. The normalized spacial score (nSPS) is 11.9. The Morgan fingerprint density at radius 1 is 1.56 bits per heavy atom. The van der Waals surface area contributed by atoms with Gasteiger partial charge in [-0.3, -0.25) is 10.1 Å². The first-order valence-electron chi connectivity index (χ1n) is 5.36. The van der Waals surface area contributed by atoms with Gasteiger partial charge in [0, 0.05) is 18.7 Å². The van der Waals surface area contributed by atoms with Crippen LogP contribution in [0.25, 0.3) is 0 Å². The number of likely N-dealkylation sites (N-methyl/N-ethyl adjacent to an activating group) is 1. The van der Waals surface area contributed by atoms with E-state index in [-0.39, 0.29) is 18.0 Å². The van der Waals surface area contributed by atoms with E-state index in [0.29, 0.717) is 12.3 Å². The number of nitro benzene ring substituents is 1. The number of rotatable bonds is 7. The van der Waals surface area contributed by atoms with Gasteiger partial charge in [0.05, 0.1) is 12.0 Å². The topological polar surface area (TPSA) is 93.9 Å². The molecule has 0 aromatic heterocycles. The summed E-state index contributed by atoms with van der Waals surface area (Å²) in [6.07, 6.45) is -0.735. The molecule has 1 aromatic rings. The maximum Gasteiger partial charge on any atom is 0.311 e. The van der Waals surface area contributed by atoms with Gasteiger partial charge in [-0.15, -0.1) is 0 Å². The van der Waals surface area contributed by atoms with Gasteiger partial charge in [-0.2, -0.15) is 0 Å². The molecule has 0 aliphatic rings. The minimum absolute atomic E-state index is 0.0329. The molecule has 18 heavy (non-hydrogen) atoms. The van der Waals surface area contributed by atoms with E-state index in [1.54, 1.807) is 7.05 Å². The van der Waals surface area contributed by atoms with Crippen LogP contribution in [0.5, 0.6) is 11.5 Å². The molecule has 0 aliphatic carbocycles. The van der Waals surface area contributed by atoms with Gasteiger partial charge in [0.25, 0.3) is 0 Å². The van der Waals surface area contributed by atoms with Crippen molar-refractivity contribution in [3.05, 3.63) is 28.3 Å². The number of nitrogens with zero attached hydrogens (tertiary/aromatic N) is 1. The van der Waals surface area contributed by atoms with Crippen LogP contribution < -0.4 is 14.8 Å². The molecule has 1 rings (SSSR count). The van der Waals surface area contributed by atoms with E-state index >= 15 is 0 Å². The number of hydrogen-bond donors (Lipinski definition) is 2.